The molecule has 1 saturated heterocycles. The molecule has 0 spiro atoms. The second-order valence-corrected chi connectivity index (χ2v) is 9.09. The number of amides is 2. The molecular weight excluding hydrogens is 517 g/mol. The Hall–Kier alpha value is -3.62. The first-order valence-electron chi connectivity index (χ1n) is 11.7. The minimum absolute atomic E-state index is 0.0929. The number of para-hydroxylation sites is 1. The van der Waals surface area contributed by atoms with E-state index in [1.165, 1.54) is 7.11 Å². The third-order valence-corrected chi connectivity index (χ3v) is 6.61. The van der Waals surface area contributed by atoms with E-state index in [9.17, 15) is 9.59 Å². The van der Waals surface area contributed by atoms with Gasteiger partial charge in [0.25, 0.3) is 0 Å². The van der Waals surface area contributed by atoms with Crippen LogP contribution < -0.4 is 30.0 Å². The van der Waals surface area contributed by atoms with Crippen molar-refractivity contribution in [3.8, 4) is 17.2 Å². The molecular formula is C27H27Cl2N3O5. The number of nitrogens with one attached hydrogen (secondary N) is 2. The van der Waals surface area contributed by atoms with E-state index in [0.29, 0.717) is 39.4 Å². The van der Waals surface area contributed by atoms with Gasteiger partial charge in [0.15, 0.2) is 11.5 Å². The first kappa shape index (κ1) is 26.4. The fraction of sp³-hybridized carbons (Fsp3) is 0.259. The van der Waals surface area contributed by atoms with E-state index in [2.05, 4.69) is 10.9 Å². The summed E-state index contributed by atoms with van der Waals surface area (Å²) in [4.78, 5) is 27.2. The number of carbonyl (C=O) groups is 2. The lowest BCUT2D eigenvalue weighted by Gasteiger charge is -2.19. The lowest BCUT2D eigenvalue weighted by Crippen LogP contribution is -2.36. The van der Waals surface area contributed by atoms with Crippen LogP contribution in [0.5, 0.6) is 17.2 Å². The van der Waals surface area contributed by atoms with Gasteiger partial charge in [-0.3, -0.25) is 20.4 Å². The van der Waals surface area contributed by atoms with E-state index >= 15 is 0 Å². The summed E-state index contributed by atoms with van der Waals surface area (Å²) in [7, 11) is 1.52. The number of hydrogen-bond acceptors (Lipinski definition) is 6. The van der Waals surface area contributed by atoms with Crippen molar-refractivity contribution in [2.45, 2.75) is 20.0 Å². The number of methoxy groups -OCH3 is 1. The van der Waals surface area contributed by atoms with Gasteiger partial charge in [0.2, 0.25) is 11.8 Å². The molecule has 1 atom stereocenters. The molecule has 4 rings (SSSR count). The predicted molar refractivity (Wildman–Crippen MR) is 144 cm³/mol. The molecule has 3 aromatic rings. The van der Waals surface area contributed by atoms with Gasteiger partial charge in [-0.25, -0.2) is 0 Å². The quantitative estimate of drug-likeness (QED) is 0.329. The Balaban J connectivity index is 1.41. The molecule has 0 aromatic heterocycles. The summed E-state index contributed by atoms with van der Waals surface area (Å²) in [6.07, 6.45) is 0.104. The smallest absolute Gasteiger partial charge is 0.243 e. The summed E-state index contributed by atoms with van der Waals surface area (Å²) in [6.45, 7) is 2.83. The summed E-state index contributed by atoms with van der Waals surface area (Å²) in [5.74, 6) is 0.601. The van der Waals surface area contributed by atoms with Crippen molar-refractivity contribution >= 4 is 46.4 Å². The van der Waals surface area contributed by atoms with Crippen LogP contribution in [-0.4, -0.2) is 32.1 Å². The topological polar surface area (TPSA) is 89.1 Å². The molecule has 0 aliphatic carbocycles. The van der Waals surface area contributed by atoms with Gasteiger partial charge >= 0.3 is 0 Å². The summed E-state index contributed by atoms with van der Waals surface area (Å²) in [6, 6.07) is 17.7. The first-order valence-corrected chi connectivity index (χ1v) is 12.5. The molecule has 0 radical (unpaired) electrons. The molecule has 1 fully saturated rings. The second kappa shape index (κ2) is 12.1. The largest absolute Gasteiger partial charge is 0.494 e. The SMILES string of the molecule is CCOc1ccc(N2C[C@H](C(=O)NNc3cccc(OC)c3OCc3c(Cl)cccc3Cl)CC2=O)cc1. The van der Waals surface area contributed by atoms with Crippen LogP contribution in [0.2, 0.25) is 10.0 Å². The van der Waals surface area contributed by atoms with E-state index in [4.69, 9.17) is 37.4 Å². The maximum absolute atomic E-state index is 12.9. The molecule has 1 aliphatic rings. The number of carbonyl (C=O) groups excluding carboxylic acids is 2. The van der Waals surface area contributed by atoms with Gasteiger partial charge in [0, 0.05) is 34.3 Å². The minimum Gasteiger partial charge on any atom is -0.494 e. The van der Waals surface area contributed by atoms with E-state index < -0.39 is 5.92 Å². The average Bonchev–Trinajstić information content (AvgIpc) is 3.29. The first-order chi connectivity index (χ1) is 17.9. The molecule has 1 aliphatic heterocycles. The minimum atomic E-state index is -0.525. The molecule has 2 amide bonds. The van der Waals surface area contributed by atoms with Crippen LogP contribution >= 0.6 is 23.2 Å². The standard InChI is InChI=1S/C27H27Cl2N3O5/c1-3-36-19-12-10-18(11-13-19)32-15-17(14-25(32)33)27(34)31-30-23-8-5-9-24(35-2)26(23)37-16-20-21(28)6-4-7-22(20)29/h4-13,17,30H,3,14-16H2,1-2H3,(H,31,34)/t17-/m1/s1. The fourth-order valence-electron chi connectivity index (χ4n) is 3.99. The predicted octanol–water partition coefficient (Wildman–Crippen LogP) is 5.48. The number of hydrazine groups is 1. The van der Waals surface area contributed by atoms with Gasteiger partial charge < -0.3 is 19.1 Å². The molecule has 0 bridgehead atoms. The van der Waals surface area contributed by atoms with Crippen LogP contribution in [0.1, 0.15) is 18.9 Å². The second-order valence-electron chi connectivity index (χ2n) is 8.27. The Kier molecular flexibility index (Phi) is 8.63. The summed E-state index contributed by atoms with van der Waals surface area (Å²) in [5, 5.41) is 0.960. The van der Waals surface area contributed by atoms with Gasteiger partial charge in [-0.15, -0.1) is 0 Å². The maximum atomic E-state index is 12.9. The Morgan fingerprint density at radius 1 is 1.03 bits per heavy atom. The van der Waals surface area contributed by atoms with Gasteiger partial charge in [-0.2, -0.15) is 0 Å². The normalized spacial score (nSPS) is 14.9. The van der Waals surface area contributed by atoms with Crippen molar-refractivity contribution in [2.24, 2.45) is 5.92 Å². The summed E-state index contributed by atoms with van der Waals surface area (Å²) >= 11 is 12.5. The third-order valence-electron chi connectivity index (χ3n) is 5.90. The molecule has 37 heavy (non-hydrogen) atoms. The van der Waals surface area contributed by atoms with E-state index in [-0.39, 0.29) is 31.4 Å². The average molecular weight is 544 g/mol. The van der Waals surface area contributed by atoms with Gasteiger partial charge in [-0.05, 0) is 55.5 Å². The number of halogens is 2. The van der Waals surface area contributed by atoms with E-state index in [1.807, 2.05) is 19.1 Å². The zero-order chi connectivity index (χ0) is 26.4. The zero-order valence-electron chi connectivity index (χ0n) is 20.4. The zero-order valence-corrected chi connectivity index (χ0v) is 21.9. The highest BCUT2D eigenvalue weighted by atomic mass is 35.5. The van der Waals surface area contributed by atoms with Crippen LogP contribution in [0.25, 0.3) is 0 Å². The van der Waals surface area contributed by atoms with Crippen LogP contribution in [0, 0.1) is 5.92 Å². The van der Waals surface area contributed by atoms with Crippen molar-refractivity contribution in [3.05, 3.63) is 76.3 Å². The Morgan fingerprint density at radius 3 is 2.41 bits per heavy atom. The molecule has 10 heteroatoms. The summed E-state index contributed by atoms with van der Waals surface area (Å²) < 4.78 is 16.9. The number of nitrogens with zero attached hydrogens (tertiary/aromatic N) is 1. The van der Waals surface area contributed by atoms with Crippen LogP contribution in [-0.2, 0) is 16.2 Å². The highest BCUT2D eigenvalue weighted by Gasteiger charge is 2.35. The molecule has 8 nitrogen and oxygen atoms in total. The Bertz CT molecular complexity index is 1250. The van der Waals surface area contributed by atoms with Crippen molar-refractivity contribution in [2.75, 3.05) is 30.6 Å². The Labute approximate surface area is 225 Å². The Morgan fingerprint density at radius 2 is 1.73 bits per heavy atom. The molecule has 3 aromatic carbocycles. The number of ether oxygens (including phenoxy) is 3. The molecule has 2 N–H and O–H groups in total. The van der Waals surface area contributed by atoms with Crippen molar-refractivity contribution < 1.29 is 23.8 Å². The summed E-state index contributed by atoms with van der Waals surface area (Å²) in [5.41, 5.74) is 7.43. The number of rotatable bonds is 10. The van der Waals surface area contributed by atoms with Crippen molar-refractivity contribution in [1.82, 2.24) is 5.43 Å². The monoisotopic (exact) mass is 543 g/mol. The van der Waals surface area contributed by atoms with E-state index in [0.717, 1.165) is 11.4 Å². The maximum Gasteiger partial charge on any atom is 0.243 e. The van der Waals surface area contributed by atoms with Crippen LogP contribution in [0.3, 0.4) is 0 Å². The third kappa shape index (κ3) is 6.21. The molecule has 194 valence electrons. The van der Waals surface area contributed by atoms with E-state index in [1.54, 1.807) is 53.4 Å². The van der Waals surface area contributed by atoms with Gasteiger partial charge in [0.05, 0.1) is 25.3 Å². The molecule has 0 unspecified atom stereocenters. The molecule has 0 saturated carbocycles. The van der Waals surface area contributed by atoms with Gasteiger partial charge in [0.1, 0.15) is 12.4 Å². The lowest BCUT2D eigenvalue weighted by atomic mass is 10.1. The number of anilines is 2. The van der Waals surface area contributed by atoms with Crippen molar-refractivity contribution in [3.63, 3.8) is 0 Å². The number of benzene rings is 3. The number of hydrogen-bond donors (Lipinski definition) is 2. The van der Waals surface area contributed by atoms with Crippen LogP contribution in [0.4, 0.5) is 11.4 Å². The van der Waals surface area contributed by atoms with Gasteiger partial charge in [-0.1, -0.05) is 35.3 Å². The molecule has 1 heterocycles. The fourth-order valence-corrected chi connectivity index (χ4v) is 4.50. The highest BCUT2D eigenvalue weighted by molar-refractivity contribution is 6.35. The lowest BCUT2D eigenvalue weighted by molar-refractivity contribution is -0.125. The van der Waals surface area contributed by atoms with Crippen LogP contribution in [0.15, 0.2) is 60.7 Å². The highest BCUT2D eigenvalue weighted by Crippen LogP contribution is 2.37. The van der Waals surface area contributed by atoms with Crippen molar-refractivity contribution in [1.29, 1.82) is 0 Å².